The first-order valence-electron chi connectivity index (χ1n) is 9.32. The number of carbonyl (C=O) groups excluding carboxylic acids is 2. The maximum atomic E-state index is 12.5. The quantitative estimate of drug-likeness (QED) is 0.591. The molecule has 0 aliphatic carbocycles. The third-order valence-corrected chi connectivity index (χ3v) is 4.94. The van der Waals surface area contributed by atoms with Crippen molar-refractivity contribution in [3.8, 4) is 5.88 Å². The molecule has 2 heterocycles. The van der Waals surface area contributed by atoms with Gasteiger partial charge in [-0.3, -0.25) is 9.59 Å². The standard InChI is InChI=1S/C20H22Cl2N4O3/c1-2-17(29-20-16(22)7-14(21)9-25-20)19(28)24-8-12-4-3-5-13(6-12)18(27)26-15-10-23-11-15/h3-7,9,15,17,23H,2,8,10-11H2,1H3,(H,24,28)(H,26,27). The molecule has 7 nitrogen and oxygen atoms in total. The second-order valence-electron chi connectivity index (χ2n) is 6.70. The van der Waals surface area contributed by atoms with E-state index in [-0.39, 0.29) is 35.3 Å². The summed E-state index contributed by atoms with van der Waals surface area (Å²) in [6, 6.07) is 8.83. The lowest BCUT2D eigenvalue weighted by molar-refractivity contribution is -0.128. The Balaban J connectivity index is 1.57. The summed E-state index contributed by atoms with van der Waals surface area (Å²) in [7, 11) is 0. The molecule has 0 bridgehead atoms. The van der Waals surface area contributed by atoms with E-state index >= 15 is 0 Å². The van der Waals surface area contributed by atoms with E-state index < -0.39 is 6.10 Å². The monoisotopic (exact) mass is 436 g/mol. The van der Waals surface area contributed by atoms with Gasteiger partial charge in [0.25, 0.3) is 11.8 Å². The number of nitrogens with one attached hydrogen (secondary N) is 3. The van der Waals surface area contributed by atoms with Crippen molar-refractivity contribution in [2.24, 2.45) is 0 Å². The van der Waals surface area contributed by atoms with E-state index in [0.29, 0.717) is 17.0 Å². The third-order valence-electron chi connectivity index (χ3n) is 4.46. The minimum atomic E-state index is -0.751. The Morgan fingerprint density at radius 3 is 2.76 bits per heavy atom. The molecular weight excluding hydrogens is 415 g/mol. The highest BCUT2D eigenvalue weighted by molar-refractivity contribution is 6.35. The summed E-state index contributed by atoms with van der Waals surface area (Å²) in [5, 5.41) is 9.51. The minimum absolute atomic E-state index is 0.122. The van der Waals surface area contributed by atoms with Gasteiger partial charge in [0.1, 0.15) is 5.02 Å². The predicted octanol–water partition coefficient (Wildman–Crippen LogP) is 2.56. The first-order valence-corrected chi connectivity index (χ1v) is 10.1. The van der Waals surface area contributed by atoms with E-state index in [1.807, 2.05) is 13.0 Å². The first-order chi connectivity index (χ1) is 14.0. The lowest BCUT2D eigenvalue weighted by atomic mass is 10.1. The molecule has 1 fully saturated rings. The van der Waals surface area contributed by atoms with Gasteiger partial charge in [-0.1, -0.05) is 42.3 Å². The Kier molecular flexibility index (Phi) is 7.30. The highest BCUT2D eigenvalue weighted by Crippen LogP contribution is 2.25. The van der Waals surface area contributed by atoms with Crippen molar-refractivity contribution in [3.05, 3.63) is 57.7 Å². The van der Waals surface area contributed by atoms with E-state index in [2.05, 4.69) is 20.9 Å². The van der Waals surface area contributed by atoms with E-state index in [9.17, 15) is 9.59 Å². The van der Waals surface area contributed by atoms with E-state index in [0.717, 1.165) is 18.7 Å². The number of hydrogen-bond acceptors (Lipinski definition) is 5. The number of nitrogens with zero attached hydrogens (tertiary/aromatic N) is 1. The Bertz CT molecular complexity index is 890. The molecule has 2 amide bonds. The Labute approximate surface area is 179 Å². The van der Waals surface area contributed by atoms with Crippen LogP contribution in [0.15, 0.2) is 36.5 Å². The van der Waals surface area contributed by atoms with Crippen molar-refractivity contribution in [3.63, 3.8) is 0 Å². The maximum Gasteiger partial charge on any atom is 0.261 e. The molecule has 0 radical (unpaired) electrons. The van der Waals surface area contributed by atoms with E-state index in [4.69, 9.17) is 27.9 Å². The predicted molar refractivity (Wildman–Crippen MR) is 111 cm³/mol. The smallest absolute Gasteiger partial charge is 0.261 e. The molecule has 1 unspecified atom stereocenters. The average Bonchev–Trinajstić information content (AvgIpc) is 2.68. The van der Waals surface area contributed by atoms with Crippen molar-refractivity contribution in [2.75, 3.05) is 13.1 Å². The largest absolute Gasteiger partial charge is 0.463 e. The Hall–Kier alpha value is -2.35. The van der Waals surface area contributed by atoms with E-state index in [1.165, 1.54) is 12.3 Å². The molecule has 1 aromatic heterocycles. The normalized spacial score (nSPS) is 14.6. The second-order valence-corrected chi connectivity index (χ2v) is 7.55. The summed E-state index contributed by atoms with van der Waals surface area (Å²) < 4.78 is 5.64. The van der Waals surface area contributed by atoms with Gasteiger partial charge in [0.2, 0.25) is 5.88 Å². The maximum absolute atomic E-state index is 12.5. The van der Waals surface area contributed by atoms with Crippen LogP contribution in [0, 0.1) is 0 Å². The van der Waals surface area contributed by atoms with Crippen molar-refractivity contribution in [2.45, 2.75) is 32.0 Å². The van der Waals surface area contributed by atoms with Gasteiger partial charge in [-0.15, -0.1) is 0 Å². The molecule has 3 N–H and O–H groups in total. The lowest BCUT2D eigenvalue weighted by Crippen LogP contribution is -2.56. The van der Waals surface area contributed by atoms with Crippen molar-refractivity contribution in [1.82, 2.24) is 20.9 Å². The fraction of sp³-hybridized carbons (Fsp3) is 0.350. The number of halogens is 2. The molecule has 1 aliphatic rings. The van der Waals surface area contributed by atoms with Crippen LogP contribution in [0.4, 0.5) is 0 Å². The summed E-state index contributed by atoms with van der Waals surface area (Å²) in [6.07, 6.45) is 1.09. The summed E-state index contributed by atoms with van der Waals surface area (Å²) in [4.78, 5) is 28.8. The molecule has 1 atom stereocenters. The first kappa shape index (κ1) is 21.4. The number of hydrogen-bond donors (Lipinski definition) is 3. The highest BCUT2D eigenvalue weighted by atomic mass is 35.5. The average molecular weight is 437 g/mol. The molecular formula is C20H22Cl2N4O3. The number of ether oxygens (including phenoxy) is 1. The molecule has 0 spiro atoms. The van der Waals surface area contributed by atoms with Crippen LogP contribution >= 0.6 is 23.2 Å². The lowest BCUT2D eigenvalue weighted by Gasteiger charge is -2.28. The Morgan fingerprint density at radius 1 is 1.31 bits per heavy atom. The van der Waals surface area contributed by atoms with Crippen molar-refractivity contribution < 1.29 is 14.3 Å². The van der Waals surface area contributed by atoms with Gasteiger partial charge in [-0.25, -0.2) is 4.98 Å². The number of aromatic nitrogens is 1. The number of amides is 2. The number of carbonyl (C=O) groups is 2. The molecule has 1 aliphatic heterocycles. The number of benzene rings is 1. The van der Waals surface area contributed by atoms with E-state index in [1.54, 1.807) is 18.2 Å². The second kappa shape index (κ2) is 9.91. The molecule has 1 saturated heterocycles. The van der Waals surface area contributed by atoms with Gasteiger partial charge < -0.3 is 20.7 Å². The van der Waals surface area contributed by atoms with Gasteiger partial charge in [-0.2, -0.15) is 0 Å². The summed E-state index contributed by atoms with van der Waals surface area (Å²) in [5.41, 5.74) is 1.37. The van der Waals surface area contributed by atoms with Crippen LogP contribution in [0.2, 0.25) is 10.0 Å². The molecule has 2 aromatic rings. The zero-order valence-corrected chi connectivity index (χ0v) is 17.4. The number of rotatable bonds is 8. The van der Waals surface area contributed by atoms with Gasteiger partial charge in [0, 0.05) is 31.4 Å². The van der Waals surface area contributed by atoms with Crippen molar-refractivity contribution in [1.29, 1.82) is 0 Å². The van der Waals surface area contributed by atoms with Gasteiger partial charge in [-0.05, 0) is 30.2 Å². The zero-order chi connectivity index (χ0) is 20.8. The molecule has 9 heteroatoms. The topological polar surface area (TPSA) is 92.3 Å². The Morgan fingerprint density at radius 2 is 2.10 bits per heavy atom. The van der Waals surface area contributed by atoms with Crippen LogP contribution in [-0.2, 0) is 11.3 Å². The van der Waals surface area contributed by atoms with Crippen LogP contribution in [0.3, 0.4) is 0 Å². The van der Waals surface area contributed by atoms with Crippen LogP contribution < -0.4 is 20.7 Å². The molecule has 0 saturated carbocycles. The molecule has 3 rings (SSSR count). The van der Waals surface area contributed by atoms with Crippen LogP contribution in [0.25, 0.3) is 0 Å². The molecule has 29 heavy (non-hydrogen) atoms. The molecule has 1 aromatic carbocycles. The fourth-order valence-electron chi connectivity index (χ4n) is 2.73. The van der Waals surface area contributed by atoms with Crippen LogP contribution in [0.5, 0.6) is 5.88 Å². The third kappa shape index (κ3) is 5.82. The van der Waals surface area contributed by atoms with Crippen molar-refractivity contribution >= 4 is 35.0 Å². The SMILES string of the molecule is CCC(Oc1ncc(Cl)cc1Cl)C(=O)NCc1cccc(C(=O)NC2CNC2)c1. The fourth-order valence-corrected chi connectivity index (χ4v) is 3.16. The molecule has 154 valence electrons. The summed E-state index contributed by atoms with van der Waals surface area (Å²) in [5.74, 6) is -0.263. The highest BCUT2D eigenvalue weighted by Gasteiger charge is 2.21. The van der Waals surface area contributed by atoms with Gasteiger partial charge in [0.05, 0.1) is 11.1 Å². The van der Waals surface area contributed by atoms with Crippen LogP contribution in [0.1, 0.15) is 29.3 Å². The number of pyridine rings is 1. The summed E-state index contributed by atoms with van der Waals surface area (Å²) >= 11 is 11.9. The van der Waals surface area contributed by atoms with Gasteiger partial charge >= 0.3 is 0 Å². The zero-order valence-electron chi connectivity index (χ0n) is 15.9. The summed E-state index contributed by atoms with van der Waals surface area (Å²) in [6.45, 7) is 3.67. The minimum Gasteiger partial charge on any atom is -0.463 e. The van der Waals surface area contributed by atoms with Gasteiger partial charge in [0.15, 0.2) is 6.10 Å². The van der Waals surface area contributed by atoms with Crippen LogP contribution in [-0.4, -0.2) is 42.0 Å².